The zero-order valence-corrected chi connectivity index (χ0v) is 10.7. The van der Waals surface area contributed by atoms with Crippen LogP contribution in [0, 0.1) is 11.8 Å². The number of carbonyl (C=O) groups is 2. The Morgan fingerprint density at radius 2 is 2.05 bits per heavy atom. The van der Waals surface area contributed by atoms with Gasteiger partial charge >= 0.3 is 6.09 Å². The number of fused-ring (bicyclic) bond motifs is 2. The highest BCUT2D eigenvalue weighted by Gasteiger charge is 2.47. The Morgan fingerprint density at radius 3 is 2.74 bits per heavy atom. The summed E-state index contributed by atoms with van der Waals surface area (Å²) in [7, 11) is 0. The van der Waals surface area contributed by atoms with E-state index in [9.17, 15) is 9.59 Å². The van der Waals surface area contributed by atoms with Crippen LogP contribution in [0.25, 0.3) is 0 Å². The van der Waals surface area contributed by atoms with Crippen LogP contribution in [0.4, 0.5) is 4.79 Å². The second-order valence-corrected chi connectivity index (χ2v) is 5.36. The summed E-state index contributed by atoms with van der Waals surface area (Å²) in [5.74, 6) is 0.680. The monoisotopic (exact) mass is 259 g/mol. The van der Waals surface area contributed by atoms with Crippen LogP contribution < -0.4 is 5.32 Å². The second-order valence-electron chi connectivity index (χ2n) is 5.36. The average molecular weight is 259 g/mol. The van der Waals surface area contributed by atoms with E-state index in [4.69, 9.17) is 4.74 Å². The molecule has 3 unspecified atom stereocenters. The van der Waals surface area contributed by atoms with Crippen LogP contribution in [0.5, 0.6) is 0 Å². The standard InChI is InChI=1S/C15H17NO3/c17-14-12-7-6-11(8-12)13(14)16-15(18)19-9-10-4-2-1-3-5-10/h1-5,11-13H,6-9H2,(H,16,18). The first-order chi connectivity index (χ1) is 9.24. The lowest BCUT2D eigenvalue weighted by Crippen LogP contribution is -2.44. The number of ether oxygens (including phenoxy) is 1. The Bertz CT molecular complexity index is 485. The summed E-state index contributed by atoms with van der Waals surface area (Å²) in [6.07, 6.45) is 2.47. The van der Waals surface area contributed by atoms with E-state index in [1.54, 1.807) is 0 Å². The first-order valence-corrected chi connectivity index (χ1v) is 6.75. The Kier molecular flexibility index (Phi) is 3.23. The molecule has 4 nitrogen and oxygen atoms in total. The van der Waals surface area contributed by atoms with E-state index >= 15 is 0 Å². The molecule has 0 saturated heterocycles. The van der Waals surface area contributed by atoms with Gasteiger partial charge in [-0.3, -0.25) is 4.79 Å². The molecule has 1 amide bonds. The predicted octanol–water partition coefficient (Wildman–Crippen LogP) is 2.28. The highest BCUT2D eigenvalue weighted by Crippen LogP contribution is 2.42. The average Bonchev–Trinajstić information content (AvgIpc) is 3.01. The third-order valence-electron chi connectivity index (χ3n) is 4.14. The molecule has 2 aliphatic rings. The largest absolute Gasteiger partial charge is 0.445 e. The van der Waals surface area contributed by atoms with Crippen molar-refractivity contribution < 1.29 is 14.3 Å². The number of hydrogen-bond donors (Lipinski definition) is 1. The number of hydrogen-bond acceptors (Lipinski definition) is 3. The molecular formula is C15H17NO3. The lowest BCUT2D eigenvalue weighted by atomic mass is 9.94. The number of rotatable bonds is 3. The molecule has 0 spiro atoms. The van der Waals surface area contributed by atoms with Gasteiger partial charge in [0.15, 0.2) is 5.78 Å². The van der Waals surface area contributed by atoms with Crippen molar-refractivity contribution in [1.29, 1.82) is 0 Å². The van der Waals surface area contributed by atoms with E-state index in [1.807, 2.05) is 30.3 Å². The van der Waals surface area contributed by atoms with E-state index in [1.165, 1.54) is 0 Å². The lowest BCUT2D eigenvalue weighted by Gasteiger charge is -2.21. The lowest BCUT2D eigenvalue weighted by molar-refractivity contribution is -0.123. The molecule has 0 heterocycles. The maximum Gasteiger partial charge on any atom is 0.408 e. The van der Waals surface area contributed by atoms with Crippen molar-refractivity contribution in [3.63, 3.8) is 0 Å². The molecule has 1 N–H and O–H groups in total. The minimum Gasteiger partial charge on any atom is -0.445 e. The molecule has 0 aromatic heterocycles. The van der Waals surface area contributed by atoms with Gasteiger partial charge in [-0.05, 0) is 30.7 Å². The Labute approximate surface area is 112 Å². The fourth-order valence-corrected chi connectivity index (χ4v) is 3.14. The number of amides is 1. The van der Waals surface area contributed by atoms with Crippen molar-refractivity contribution in [3.8, 4) is 0 Å². The van der Waals surface area contributed by atoms with Crippen LogP contribution in [0.2, 0.25) is 0 Å². The number of alkyl carbamates (subject to hydrolysis) is 1. The van der Waals surface area contributed by atoms with Crippen LogP contribution >= 0.6 is 0 Å². The molecule has 0 radical (unpaired) electrons. The van der Waals surface area contributed by atoms with Crippen molar-refractivity contribution in [2.75, 3.05) is 0 Å². The van der Waals surface area contributed by atoms with Gasteiger partial charge in [0.05, 0.1) is 6.04 Å². The van der Waals surface area contributed by atoms with Crippen molar-refractivity contribution >= 4 is 11.9 Å². The van der Waals surface area contributed by atoms with E-state index in [2.05, 4.69) is 5.32 Å². The maximum atomic E-state index is 11.9. The fourth-order valence-electron chi connectivity index (χ4n) is 3.14. The molecule has 4 heteroatoms. The van der Waals surface area contributed by atoms with Crippen LogP contribution in [0.1, 0.15) is 24.8 Å². The van der Waals surface area contributed by atoms with Gasteiger partial charge in [-0.1, -0.05) is 30.3 Å². The van der Waals surface area contributed by atoms with Crippen molar-refractivity contribution in [1.82, 2.24) is 5.32 Å². The summed E-state index contributed by atoms with van der Waals surface area (Å²) < 4.78 is 5.14. The summed E-state index contributed by atoms with van der Waals surface area (Å²) in [5.41, 5.74) is 0.942. The molecular weight excluding hydrogens is 242 g/mol. The molecule has 100 valence electrons. The molecule has 19 heavy (non-hydrogen) atoms. The molecule has 3 atom stereocenters. The smallest absolute Gasteiger partial charge is 0.408 e. The minimum absolute atomic E-state index is 0.171. The highest BCUT2D eigenvalue weighted by molar-refractivity contribution is 5.92. The number of carbonyl (C=O) groups excluding carboxylic acids is 2. The Morgan fingerprint density at radius 1 is 1.26 bits per heavy atom. The predicted molar refractivity (Wildman–Crippen MR) is 69.4 cm³/mol. The van der Waals surface area contributed by atoms with Gasteiger partial charge in [-0.25, -0.2) is 4.79 Å². The SMILES string of the molecule is O=C(NC1C(=O)C2CCC1C2)OCc1ccccc1. The number of nitrogens with one attached hydrogen (secondary N) is 1. The normalized spacial score (nSPS) is 28.4. The Hall–Kier alpha value is -1.84. The fraction of sp³-hybridized carbons (Fsp3) is 0.467. The topological polar surface area (TPSA) is 55.4 Å². The minimum atomic E-state index is -0.491. The summed E-state index contributed by atoms with van der Waals surface area (Å²) in [5, 5.41) is 2.72. The molecule has 3 rings (SSSR count). The molecule has 2 aliphatic carbocycles. The molecule has 2 fully saturated rings. The van der Waals surface area contributed by atoms with Gasteiger partial charge in [0.2, 0.25) is 0 Å². The summed E-state index contributed by atoms with van der Waals surface area (Å²) in [6, 6.07) is 9.19. The Balaban J connectivity index is 1.51. The number of ketones is 1. The van der Waals surface area contributed by atoms with E-state index in [-0.39, 0.29) is 24.3 Å². The van der Waals surface area contributed by atoms with E-state index in [0.717, 1.165) is 24.8 Å². The van der Waals surface area contributed by atoms with Crippen LogP contribution in [0.15, 0.2) is 30.3 Å². The number of benzene rings is 1. The maximum absolute atomic E-state index is 11.9. The first-order valence-electron chi connectivity index (χ1n) is 6.75. The van der Waals surface area contributed by atoms with Gasteiger partial charge in [0, 0.05) is 5.92 Å². The van der Waals surface area contributed by atoms with Crippen molar-refractivity contribution in [3.05, 3.63) is 35.9 Å². The van der Waals surface area contributed by atoms with E-state index in [0.29, 0.717) is 5.92 Å². The van der Waals surface area contributed by atoms with Gasteiger partial charge in [0.1, 0.15) is 6.61 Å². The van der Waals surface area contributed by atoms with Gasteiger partial charge in [-0.2, -0.15) is 0 Å². The van der Waals surface area contributed by atoms with Gasteiger partial charge in [0.25, 0.3) is 0 Å². The summed E-state index contributed by atoms with van der Waals surface area (Å²) in [6.45, 7) is 0.238. The summed E-state index contributed by atoms with van der Waals surface area (Å²) >= 11 is 0. The van der Waals surface area contributed by atoms with Crippen molar-refractivity contribution in [2.45, 2.75) is 31.9 Å². The van der Waals surface area contributed by atoms with E-state index < -0.39 is 6.09 Å². The molecule has 2 bridgehead atoms. The van der Waals surface area contributed by atoms with Gasteiger partial charge < -0.3 is 10.1 Å². The quantitative estimate of drug-likeness (QED) is 0.906. The second kappa shape index (κ2) is 5.03. The molecule has 1 aromatic carbocycles. The van der Waals surface area contributed by atoms with Crippen LogP contribution in [0.3, 0.4) is 0 Å². The zero-order chi connectivity index (χ0) is 13.2. The van der Waals surface area contributed by atoms with Crippen LogP contribution in [-0.2, 0) is 16.1 Å². The van der Waals surface area contributed by atoms with Crippen LogP contribution in [-0.4, -0.2) is 17.9 Å². The third kappa shape index (κ3) is 2.48. The third-order valence-corrected chi connectivity index (χ3v) is 4.14. The number of Topliss-reactive ketones (excluding diaryl/α,β-unsaturated/α-hetero) is 1. The summed E-state index contributed by atoms with van der Waals surface area (Å²) in [4.78, 5) is 23.6. The van der Waals surface area contributed by atoms with Crippen molar-refractivity contribution in [2.24, 2.45) is 11.8 Å². The molecule has 1 aromatic rings. The zero-order valence-electron chi connectivity index (χ0n) is 10.7. The highest BCUT2D eigenvalue weighted by atomic mass is 16.5. The molecule has 0 aliphatic heterocycles. The molecule has 2 saturated carbocycles. The van der Waals surface area contributed by atoms with Gasteiger partial charge in [-0.15, -0.1) is 0 Å². The first kappa shape index (κ1) is 12.2.